The molecule has 128 valence electrons. The lowest BCUT2D eigenvalue weighted by Crippen LogP contribution is -2.42. The highest BCUT2D eigenvalue weighted by Crippen LogP contribution is 2.25. The first-order valence-electron chi connectivity index (χ1n) is 7.05. The van der Waals surface area contributed by atoms with Gasteiger partial charge in [-0.15, -0.1) is 0 Å². The third-order valence-electron chi connectivity index (χ3n) is 3.17. The molecule has 0 bridgehead atoms. The van der Waals surface area contributed by atoms with Gasteiger partial charge in [0.1, 0.15) is 11.5 Å². The predicted molar refractivity (Wildman–Crippen MR) is 90.3 cm³/mol. The van der Waals surface area contributed by atoms with E-state index < -0.39 is 28.6 Å². The summed E-state index contributed by atoms with van der Waals surface area (Å²) in [5, 5.41) is 9.57. The fourth-order valence-corrected chi connectivity index (χ4v) is 2.90. The zero-order valence-corrected chi connectivity index (χ0v) is 13.8. The SMILES string of the molecule is CS(=O)(=O)N(C[C@H](O)C(N)=O)c1ccc(Oc2ccccc2)cc1. The van der Waals surface area contributed by atoms with Gasteiger partial charge in [0.2, 0.25) is 15.9 Å². The van der Waals surface area contributed by atoms with Crippen LogP contribution in [0.2, 0.25) is 0 Å². The number of nitrogens with zero attached hydrogens (tertiary/aromatic N) is 1. The molecule has 0 unspecified atom stereocenters. The normalized spacial score (nSPS) is 12.4. The van der Waals surface area contributed by atoms with E-state index in [1.165, 1.54) is 12.1 Å². The molecule has 0 heterocycles. The molecule has 1 amide bonds. The average Bonchev–Trinajstić information content (AvgIpc) is 2.53. The smallest absolute Gasteiger partial charge is 0.248 e. The van der Waals surface area contributed by atoms with E-state index in [0.717, 1.165) is 10.6 Å². The van der Waals surface area contributed by atoms with Crippen molar-refractivity contribution in [3.05, 3.63) is 54.6 Å². The number of carbonyl (C=O) groups excluding carboxylic acids is 1. The van der Waals surface area contributed by atoms with Crippen molar-refractivity contribution in [1.29, 1.82) is 0 Å². The highest BCUT2D eigenvalue weighted by Gasteiger charge is 2.23. The van der Waals surface area contributed by atoms with Crippen molar-refractivity contribution in [2.24, 2.45) is 5.73 Å². The van der Waals surface area contributed by atoms with Crippen LogP contribution in [0, 0.1) is 0 Å². The lowest BCUT2D eigenvalue weighted by Gasteiger charge is -2.24. The number of aliphatic hydroxyl groups excluding tert-OH is 1. The molecule has 24 heavy (non-hydrogen) atoms. The molecule has 0 aromatic heterocycles. The molecule has 0 aliphatic carbocycles. The van der Waals surface area contributed by atoms with E-state index in [0.29, 0.717) is 17.2 Å². The number of rotatable bonds is 7. The minimum Gasteiger partial charge on any atom is -0.457 e. The van der Waals surface area contributed by atoms with Gasteiger partial charge in [0.25, 0.3) is 0 Å². The number of aliphatic hydroxyl groups is 1. The predicted octanol–water partition coefficient (Wildman–Crippen LogP) is 1.09. The van der Waals surface area contributed by atoms with Crippen molar-refractivity contribution < 1.29 is 23.1 Å². The maximum absolute atomic E-state index is 11.9. The summed E-state index contributed by atoms with van der Waals surface area (Å²) >= 11 is 0. The van der Waals surface area contributed by atoms with Gasteiger partial charge in [-0.3, -0.25) is 9.10 Å². The fraction of sp³-hybridized carbons (Fsp3) is 0.188. The standard InChI is InChI=1S/C16H18N2O5S/c1-24(21,22)18(11-15(19)16(17)20)12-7-9-14(10-8-12)23-13-5-3-2-4-6-13/h2-10,15,19H,11H2,1H3,(H2,17,20)/t15-/m0/s1. The van der Waals surface area contributed by atoms with E-state index in [2.05, 4.69) is 0 Å². The third-order valence-corrected chi connectivity index (χ3v) is 4.33. The van der Waals surface area contributed by atoms with Crippen molar-refractivity contribution in [1.82, 2.24) is 0 Å². The molecule has 0 saturated heterocycles. The third kappa shape index (κ3) is 4.71. The maximum atomic E-state index is 11.9. The second kappa shape index (κ2) is 7.33. The summed E-state index contributed by atoms with van der Waals surface area (Å²) in [5.41, 5.74) is 5.28. The van der Waals surface area contributed by atoms with Crippen LogP contribution in [0.1, 0.15) is 0 Å². The molecule has 0 spiro atoms. The number of ether oxygens (including phenoxy) is 1. The summed E-state index contributed by atoms with van der Waals surface area (Å²) in [6.07, 6.45) is -0.616. The van der Waals surface area contributed by atoms with Crippen LogP contribution in [0.15, 0.2) is 54.6 Å². The Balaban J connectivity index is 2.20. The largest absolute Gasteiger partial charge is 0.457 e. The van der Waals surface area contributed by atoms with Crippen LogP contribution in [0.5, 0.6) is 11.5 Å². The number of anilines is 1. The van der Waals surface area contributed by atoms with Crippen molar-refractivity contribution in [3.63, 3.8) is 0 Å². The molecular formula is C16H18N2O5S. The summed E-state index contributed by atoms with van der Waals surface area (Å²) in [5.74, 6) is 0.177. The van der Waals surface area contributed by atoms with Crippen molar-refractivity contribution in [2.75, 3.05) is 17.1 Å². The number of sulfonamides is 1. The monoisotopic (exact) mass is 350 g/mol. The van der Waals surface area contributed by atoms with Crippen LogP contribution in [0.25, 0.3) is 0 Å². The number of para-hydroxylation sites is 1. The van der Waals surface area contributed by atoms with Crippen molar-refractivity contribution >= 4 is 21.6 Å². The summed E-state index contributed by atoms with van der Waals surface area (Å²) in [4.78, 5) is 11.0. The Kier molecular flexibility index (Phi) is 5.42. The number of hydrogen-bond donors (Lipinski definition) is 2. The van der Waals surface area contributed by atoms with Crippen molar-refractivity contribution in [2.45, 2.75) is 6.10 Å². The van der Waals surface area contributed by atoms with E-state index in [4.69, 9.17) is 10.5 Å². The molecule has 7 nitrogen and oxygen atoms in total. The highest BCUT2D eigenvalue weighted by molar-refractivity contribution is 7.92. The maximum Gasteiger partial charge on any atom is 0.248 e. The lowest BCUT2D eigenvalue weighted by atomic mass is 10.2. The van der Waals surface area contributed by atoms with Gasteiger partial charge in [0, 0.05) is 0 Å². The van der Waals surface area contributed by atoms with E-state index in [9.17, 15) is 18.3 Å². The van der Waals surface area contributed by atoms with Gasteiger partial charge in [-0.2, -0.15) is 0 Å². The Morgan fingerprint density at radius 1 is 1.12 bits per heavy atom. The van der Waals surface area contributed by atoms with Crippen LogP contribution in [0.4, 0.5) is 5.69 Å². The van der Waals surface area contributed by atoms with E-state index in [1.807, 2.05) is 18.2 Å². The lowest BCUT2D eigenvalue weighted by molar-refractivity contribution is -0.125. The Morgan fingerprint density at radius 2 is 1.67 bits per heavy atom. The highest BCUT2D eigenvalue weighted by atomic mass is 32.2. The van der Waals surface area contributed by atoms with Gasteiger partial charge in [-0.1, -0.05) is 18.2 Å². The van der Waals surface area contributed by atoms with Crippen LogP contribution in [-0.2, 0) is 14.8 Å². The first kappa shape index (κ1) is 17.8. The Morgan fingerprint density at radius 3 is 2.17 bits per heavy atom. The summed E-state index contributed by atoms with van der Waals surface area (Å²) in [6.45, 7) is -0.451. The molecule has 0 fully saturated rings. The molecule has 2 aromatic carbocycles. The van der Waals surface area contributed by atoms with Gasteiger partial charge in [-0.25, -0.2) is 8.42 Å². The van der Waals surface area contributed by atoms with Gasteiger partial charge in [0.05, 0.1) is 18.5 Å². The molecule has 3 N–H and O–H groups in total. The zero-order chi connectivity index (χ0) is 17.7. The number of carbonyl (C=O) groups is 1. The number of hydrogen-bond acceptors (Lipinski definition) is 5. The molecule has 8 heteroatoms. The van der Waals surface area contributed by atoms with Crippen LogP contribution in [0.3, 0.4) is 0 Å². The number of benzene rings is 2. The Hall–Kier alpha value is -2.58. The molecule has 0 radical (unpaired) electrons. The van der Waals surface area contributed by atoms with Gasteiger partial charge < -0.3 is 15.6 Å². The topological polar surface area (TPSA) is 110 Å². The van der Waals surface area contributed by atoms with Gasteiger partial charge in [-0.05, 0) is 36.4 Å². The van der Waals surface area contributed by atoms with Crippen LogP contribution >= 0.6 is 0 Å². The molecule has 0 saturated carbocycles. The quantitative estimate of drug-likeness (QED) is 0.777. The molecule has 2 aromatic rings. The molecule has 0 aliphatic rings. The second-order valence-corrected chi connectivity index (χ2v) is 7.03. The molecular weight excluding hydrogens is 332 g/mol. The number of amides is 1. The van der Waals surface area contributed by atoms with Gasteiger partial charge in [0.15, 0.2) is 6.10 Å². The van der Waals surface area contributed by atoms with Crippen molar-refractivity contribution in [3.8, 4) is 11.5 Å². The van der Waals surface area contributed by atoms with Crippen LogP contribution < -0.4 is 14.8 Å². The average molecular weight is 350 g/mol. The molecule has 0 aliphatic heterocycles. The van der Waals surface area contributed by atoms with Crippen LogP contribution in [-0.4, -0.2) is 38.3 Å². The van der Waals surface area contributed by atoms with E-state index >= 15 is 0 Å². The summed E-state index contributed by atoms with van der Waals surface area (Å²) in [7, 11) is -3.69. The first-order valence-corrected chi connectivity index (χ1v) is 8.90. The Bertz CT molecular complexity index is 791. The van der Waals surface area contributed by atoms with E-state index in [-0.39, 0.29) is 0 Å². The fourth-order valence-electron chi connectivity index (χ4n) is 1.98. The first-order chi connectivity index (χ1) is 11.3. The summed E-state index contributed by atoms with van der Waals surface area (Å²) in [6, 6.07) is 15.3. The number of nitrogens with two attached hydrogens (primary N) is 1. The summed E-state index contributed by atoms with van der Waals surface area (Å²) < 4.78 is 30.3. The zero-order valence-electron chi connectivity index (χ0n) is 13.0. The Labute approximate surface area is 140 Å². The van der Waals surface area contributed by atoms with E-state index in [1.54, 1.807) is 24.3 Å². The second-order valence-electron chi connectivity index (χ2n) is 5.12. The number of primary amides is 1. The molecule has 1 atom stereocenters. The molecule has 2 rings (SSSR count). The van der Waals surface area contributed by atoms with Gasteiger partial charge >= 0.3 is 0 Å². The minimum atomic E-state index is -3.69. The minimum absolute atomic E-state index is 0.290.